The molecule has 0 spiro atoms. The number of amides is 2. The number of anilines is 1. The number of benzene rings is 1. The predicted molar refractivity (Wildman–Crippen MR) is 71.8 cm³/mol. The van der Waals surface area contributed by atoms with Gasteiger partial charge in [-0.1, -0.05) is 12.1 Å². The summed E-state index contributed by atoms with van der Waals surface area (Å²) in [5, 5.41) is 6.00. The largest absolute Gasteiger partial charge is 0.346 e. The molecule has 5 nitrogen and oxygen atoms in total. The second kappa shape index (κ2) is 5.01. The Bertz CT molecular complexity index is 509. The van der Waals surface area contributed by atoms with E-state index in [2.05, 4.69) is 16.7 Å². The molecule has 1 aromatic rings. The lowest BCUT2D eigenvalue weighted by molar-refractivity contribution is -0.138. The van der Waals surface area contributed by atoms with Crippen molar-refractivity contribution in [3.63, 3.8) is 0 Å². The topological polar surface area (TPSA) is 61.4 Å². The molecule has 1 aromatic carbocycles. The van der Waals surface area contributed by atoms with Crippen LogP contribution in [0.5, 0.6) is 0 Å². The van der Waals surface area contributed by atoms with Crippen LogP contribution >= 0.6 is 0 Å². The number of nitrogens with zero attached hydrogens (tertiary/aromatic N) is 1. The zero-order chi connectivity index (χ0) is 13.2. The Balaban J connectivity index is 1.86. The summed E-state index contributed by atoms with van der Waals surface area (Å²) in [6, 6.07) is 8.29. The third-order valence-corrected chi connectivity index (χ3v) is 3.70. The van der Waals surface area contributed by atoms with E-state index < -0.39 is 11.8 Å². The van der Waals surface area contributed by atoms with Gasteiger partial charge in [-0.3, -0.25) is 9.59 Å². The van der Waals surface area contributed by atoms with Crippen LogP contribution in [0, 0.1) is 0 Å². The van der Waals surface area contributed by atoms with E-state index >= 15 is 0 Å². The Hall–Kier alpha value is -1.88. The van der Waals surface area contributed by atoms with E-state index in [1.807, 2.05) is 18.2 Å². The lowest BCUT2D eigenvalue weighted by atomic mass is 10.0. The molecule has 2 heterocycles. The molecule has 2 fully saturated rings. The molecule has 19 heavy (non-hydrogen) atoms. The molecule has 3 rings (SSSR count). The lowest BCUT2D eigenvalue weighted by Gasteiger charge is -2.27. The molecule has 0 saturated carbocycles. The molecular formula is C14H17N3O2. The standard InChI is InChI=1S/C14H17N3O2/c18-13-14(19)17(8-7-16-13)11-4-1-3-10(9-11)12-5-2-6-15-12/h1,3-4,9,12,15H,2,5-8H2,(H,16,18). The van der Waals surface area contributed by atoms with E-state index in [1.165, 1.54) is 12.0 Å². The molecule has 0 bridgehead atoms. The number of hydrogen-bond donors (Lipinski definition) is 2. The van der Waals surface area contributed by atoms with Gasteiger partial charge >= 0.3 is 11.8 Å². The number of nitrogens with one attached hydrogen (secondary N) is 2. The van der Waals surface area contributed by atoms with Crippen LogP contribution in [0.25, 0.3) is 0 Å². The zero-order valence-electron chi connectivity index (χ0n) is 10.7. The normalized spacial score (nSPS) is 23.6. The molecular weight excluding hydrogens is 242 g/mol. The van der Waals surface area contributed by atoms with E-state index in [1.54, 1.807) is 4.90 Å². The molecule has 2 amide bonds. The summed E-state index contributed by atoms with van der Waals surface area (Å²) in [4.78, 5) is 24.8. The highest BCUT2D eigenvalue weighted by Crippen LogP contribution is 2.26. The van der Waals surface area contributed by atoms with Crippen LogP contribution in [0.1, 0.15) is 24.4 Å². The summed E-state index contributed by atoms with van der Waals surface area (Å²) in [5.41, 5.74) is 2.00. The number of carbonyl (C=O) groups is 2. The Morgan fingerprint density at radius 2 is 2.11 bits per heavy atom. The van der Waals surface area contributed by atoms with Crippen molar-refractivity contribution in [1.29, 1.82) is 0 Å². The number of carbonyl (C=O) groups excluding carboxylic acids is 2. The van der Waals surface area contributed by atoms with Crippen molar-refractivity contribution in [1.82, 2.24) is 10.6 Å². The quantitative estimate of drug-likeness (QED) is 0.764. The van der Waals surface area contributed by atoms with Gasteiger partial charge in [0.1, 0.15) is 0 Å². The fourth-order valence-corrected chi connectivity index (χ4v) is 2.71. The lowest BCUT2D eigenvalue weighted by Crippen LogP contribution is -2.52. The zero-order valence-corrected chi connectivity index (χ0v) is 10.7. The monoisotopic (exact) mass is 259 g/mol. The number of piperazine rings is 1. The van der Waals surface area contributed by atoms with Crippen LogP contribution in [-0.2, 0) is 9.59 Å². The van der Waals surface area contributed by atoms with Crippen LogP contribution in [0.3, 0.4) is 0 Å². The molecule has 1 unspecified atom stereocenters. The SMILES string of the molecule is O=C1NCCN(c2cccc(C3CCCN3)c2)C1=O. The van der Waals surface area contributed by atoms with Crippen molar-refractivity contribution in [3.05, 3.63) is 29.8 Å². The van der Waals surface area contributed by atoms with Gasteiger partial charge < -0.3 is 15.5 Å². The van der Waals surface area contributed by atoms with Crippen molar-refractivity contribution >= 4 is 17.5 Å². The van der Waals surface area contributed by atoms with E-state index in [0.717, 1.165) is 18.7 Å². The highest BCUT2D eigenvalue weighted by atomic mass is 16.2. The smallest absolute Gasteiger partial charge is 0.316 e. The fourth-order valence-electron chi connectivity index (χ4n) is 2.71. The Morgan fingerprint density at radius 3 is 2.89 bits per heavy atom. The van der Waals surface area contributed by atoms with Crippen LogP contribution < -0.4 is 15.5 Å². The van der Waals surface area contributed by atoms with Gasteiger partial charge in [-0.25, -0.2) is 0 Å². The molecule has 100 valence electrons. The van der Waals surface area contributed by atoms with Crippen LogP contribution in [0.2, 0.25) is 0 Å². The average molecular weight is 259 g/mol. The molecule has 0 aromatic heterocycles. The Labute approximate surface area is 112 Å². The van der Waals surface area contributed by atoms with Gasteiger partial charge in [-0.15, -0.1) is 0 Å². The van der Waals surface area contributed by atoms with Gasteiger partial charge in [0.25, 0.3) is 0 Å². The maximum Gasteiger partial charge on any atom is 0.316 e. The minimum atomic E-state index is -0.518. The summed E-state index contributed by atoms with van der Waals surface area (Å²) in [7, 11) is 0. The molecule has 2 aliphatic heterocycles. The van der Waals surface area contributed by atoms with E-state index in [4.69, 9.17) is 0 Å². The number of hydrogen-bond acceptors (Lipinski definition) is 3. The third kappa shape index (κ3) is 2.33. The average Bonchev–Trinajstić information content (AvgIpc) is 2.96. The molecule has 2 N–H and O–H groups in total. The molecule has 0 aliphatic carbocycles. The van der Waals surface area contributed by atoms with Crippen LogP contribution in [0.4, 0.5) is 5.69 Å². The minimum absolute atomic E-state index is 0.369. The summed E-state index contributed by atoms with van der Waals surface area (Å²) >= 11 is 0. The van der Waals surface area contributed by atoms with Gasteiger partial charge in [0.2, 0.25) is 0 Å². The molecule has 5 heteroatoms. The molecule has 0 radical (unpaired) electrons. The summed E-state index contributed by atoms with van der Waals surface area (Å²) in [6.07, 6.45) is 2.30. The highest BCUT2D eigenvalue weighted by molar-refractivity contribution is 6.41. The van der Waals surface area contributed by atoms with Crippen LogP contribution in [-0.4, -0.2) is 31.4 Å². The van der Waals surface area contributed by atoms with E-state index in [0.29, 0.717) is 19.1 Å². The predicted octanol–water partition coefficient (Wildman–Crippen LogP) is 0.574. The minimum Gasteiger partial charge on any atom is -0.346 e. The van der Waals surface area contributed by atoms with Crippen molar-refractivity contribution in [2.75, 3.05) is 24.5 Å². The van der Waals surface area contributed by atoms with Crippen molar-refractivity contribution < 1.29 is 9.59 Å². The number of rotatable bonds is 2. The molecule has 1 atom stereocenters. The van der Waals surface area contributed by atoms with Gasteiger partial charge in [-0.05, 0) is 37.1 Å². The molecule has 2 aliphatic rings. The fraction of sp³-hybridized carbons (Fsp3) is 0.429. The Morgan fingerprint density at radius 1 is 1.21 bits per heavy atom. The summed E-state index contributed by atoms with van der Waals surface area (Å²) in [6.45, 7) is 2.09. The Kier molecular flexibility index (Phi) is 3.21. The third-order valence-electron chi connectivity index (χ3n) is 3.70. The van der Waals surface area contributed by atoms with Crippen LogP contribution in [0.15, 0.2) is 24.3 Å². The first-order chi connectivity index (χ1) is 9.25. The van der Waals surface area contributed by atoms with Gasteiger partial charge in [0.05, 0.1) is 0 Å². The van der Waals surface area contributed by atoms with Crippen molar-refractivity contribution in [2.45, 2.75) is 18.9 Å². The highest BCUT2D eigenvalue weighted by Gasteiger charge is 2.27. The second-order valence-corrected chi connectivity index (χ2v) is 4.96. The maximum absolute atomic E-state index is 11.9. The van der Waals surface area contributed by atoms with Gasteiger partial charge in [0, 0.05) is 24.8 Å². The first-order valence-corrected chi connectivity index (χ1v) is 6.69. The first-order valence-electron chi connectivity index (χ1n) is 6.69. The summed E-state index contributed by atoms with van der Waals surface area (Å²) in [5.74, 6) is -0.988. The molecule has 2 saturated heterocycles. The van der Waals surface area contributed by atoms with Gasteiger partial charge in [0.15, 0.2) is 0 Å². The maximum atomic E-state index is 11.9. The van der Waals surface area contributed by atoms with Gasteiger partial charge in [-0.2, -0.15) is 0 Å². The summed E-state index contributed by atoms with van der Waals surface area (Å²) < 4.78 is 0. The first kappa shape index (κ1) is 12.2. The van der Waals surface area contributed by atoms with E-state index in [-0.39, 0.29) is 0 Å². The second-order valence-electron chi connectivity index (χ2n) is 4.96. The van der Waals surface area contributed by atoms with E-state index in [9.17, 15) is 9.59 Å². The van der Waals surface area contributed by atoms with Crippen molar-refractivity contribution in [3.8, 4) is 0 Å². The van der Waals surface area contributed by atoms with Crippen molar-refractivity contribution in [2.24, 2.45) is 0 Å².